The third-order valence-corrected chi connectivity index (χ3v) is 4.77. The molecule has 1 N–H and O–H groups in total. The molecule has 0 unspecified atom stereocenters. The van der Waals surface area contributed by atoms with Crippen molar-refractivity contribution in [1.82, 2.24) is 14.9 Å². The van der Waals surface area contributed by atoms with E-state index in [1.165, 1.54) is 5.56 Å². The molecule has 2 aliphatic rings. The molecule has 1 aromatic carbocycles. The maximum Gasteiger partial charge on any atom is 0.144 e. The molecule has 0 aliphatic carbocycles. The molecule has 0 radical (unpaired) electrons. The lowest BCUT2D eigenvalue weighted by molar-refractivity contribution is 0.0120. The maximum atomic E-state index is 6.20. The van der Waals surface area contributed by atoms with Crippen LogP contribution in [-0.4, -0.2) is 46.2 Å². The lowest BCUT2D eigenvalue weighted by Crippen LogP contribution is -2.33. The number of ether oxygens (including phenoxy) is 1. The van der Waals surface area contributed by atoms with Gasteiger partial charge in [-0.25, -0.2) is 4.98 Å². The van der Waals surface area contributed by atoms with E-state index in [4.69, 9.17) is 4.74 Å². The van der Waals surface area contributed by atoms with Crippen molar-refractivity contribution >= 4 is 5.82 Å². The fourth-order valence-corrected chi connectivity index (χ4v) is 3.71. The van der Waals surface area contributed by atoms with Gasteiger partial charge in [0.2, 0.25) is 0 Å². The molecule has 0 saturated carbocycles. The smallest absolute Gasteiger partial charge is 0.144 e. The Balaban J connectivity index is 1.34. The molecule has 4 rings (SSSR count). The molecule has 1 spiro atoms. The predicted octanol–water partition coefficient (Wildman–Crippen LogP) is 2.32. The number of nitrogens with one attached hydrogen (secondary N) is 1. The standard InChI is InChI=1S/C18H22N4O/c1-2-4-15(5-3-1)12-22-9-6-18(14-22)10-16(13-23-18)21-17-11-19-7-8-20-17/h1-5,7-8,11,16H,6,9-10,12-14H2,(H,20,21)/t16-,18-/m1/s1. The summed E-state index contributed by atoms with van der Waals surface area (Å²) in [6.07, 6.45) is 7.32. The Labute approximate surface area is 136 Å². The Morgan fingerprint density at radius 3 is 3.00 bits per heavy atom. The zero-order valence-electron chi connectivity index (χ0n) is 13.2. The van der Waals surface area contributed by atoms with Crippen molar-refractivity contribution in [3.05, 3.63) is 54.5 Å². The number of aromatic nitrogens is 2. The van der Waals surface area contributed by atoms with Gasteiger partial charge in [-0.1, -0.05) is 30.3 Å². The second-order valence-electron chi connectivity index (χ2n) is 6.58. The van der Waals surface area contributed by atoms with Gasteiger partial charge in [-0.05, 0) is 12.0 Å². The van der Waals surface area contributed by atoms with Crippen LogP contribution in [0, 0.1) is 0 Å². The summed E-state index contributed by atoms with van der Waals surface area (Å²) in [5.74, 6) is 0.831. The average Bonchev–Trinajstić information content (AvgIpc) is 3.16. The van der Waals surface area contributed by atoms with Crippen molar-refractivity contribution in [2.24, 2.45) is 0 Å². The minimum atomic E-state index is 0.00859. The summed E-state index contributed by atoms with van der Waals surface area (Å²) < 4.78 is 6.20. The van der Waals surface area contributed by atoms with Gasteiger partial charge in [-0.2, -0.15) is 0 Å². The van der Waals surface area contributed by atoms with Gasteiger partial charge < -0.3 is 10.1 Å². The molecule has 1 aromatic heterocycles. The Bertz CT molecular complexity index is 576. The largest absolute Gasteiger partial charge is 0.371 e. The van der Waals surface area contributed by atoms with Gasteiger partial charge >= 0.3 is 0 Å². The van der Waals surface area contributed by atoms with Crippen LogP contribution >= 0.6 is 0 Å². The summed E-state index contributed by atoms with van der Waals surface area (Å²) in [4.78, 5) is 10.9. The highest BCUT2D eigenvalue weighted by atomic mass is 16.5. The first kappa shape index (κ1) is 14.6. The van der Waals surface area contributed by atoms with Crippen LogP contribution in [0.3, 0.4) is 0 Å². The van der Waals surface area contributed by atoms with E-state index in [1.807, 2.05) is 0 Å². The molecule has 2 saturated heterocycles. The minimum Gasteiger partial charge on any atom is -0.371 e. The van der Waals surface area contributed by atoms with E-state index in [-0.39, 0.29) is 5.60 Å². The topological polar surface area (TPSA) is 50.3 Å². The summed E-state index contributed by atoms with van der Waals surface area (Å²) in [5, 5.41) is 3.44. The molecule has 3 heterocycles. The van der Waals surface area contributed by atoms with E-state index in [0.717, 1.165) is 44.9 Å². The van der Waals surface area contributed by atoms with Crippen LogP contribution in [0.4, 0.5) is 5.82 Å². The van der Waals surface area contributed by atoms with E-state index in [9.17, 15) is 0 Å². The molecule has 2 atom stereocenters. The third-order valence-electron chi connectivity index (χ3n) is 4.77. The highest BCUT2D eigenvalue weighted by Crippen LogP contribution is 2.36. The monoisotopic (exact) mass is 310 g/mol. The van der Waals surface area contributed by atoms with E-state index < -0.39 is 0 Å². The normalized spacial score (nSPS) is 27.6. The van der Waals surface area contributed by atoms with Gasteiger partial charge in [0.1, 0.15) is 5.82 Å². The quantitative estimate of drug-likeness (QED) is 0.939. The van der Waals surface area contributed by atoms with Crippen LogP contribution in [0.25, 0.3) is 0 Å². The number of likely N-dealkylation sites (tertiary alicyclic amines) is 1. The molecular weight excluding hydrogens is 288 g/mol. The van der Waals surface area contributed by atoms with E-state index in [1.54, 1.807) is 18.6 Å². The minimum absolute atomic E-state index is 0.00859. The third kappa shape index (κ3) is 3.35. The van der Waals surface area contributed by atoms with Gasteiger partial charge in [-0.15, -0.1) is 0 Å². The Hall–Kier alpha value is -1.98. The SMILES string of the molecule is c1ccc(CN2CC[C@@]3(C[C@@H](Nc4cnccn4)CO3)C2)cc1. The van der Waals surface area contributed by atoms with Crippen LogP contribution in [0.5, 0.6) is 0 Å². The van der Waals surface area contributed by atoms with Crippen molar-refractivity contribution in [3.8, 4) is 0 Å². The van der Waals surface area contributed by atoms with E-state index in [0.29, 0.717) is 6.04 Å². The van der Waals surface area contributed by atoms with Gasteiger partial charge in [0, 0.05) is 38.4 Å². The fourth-order valence-electron chi connectivity index (χ4n) is 3.71. The molecule has 0 bridgehead atoms. The number of anilines is 1. The zero-order chi connectivity index (χ0) is 15.5. The Kier molecular flexibility index (Phi) is 3.97. The molecule has 2 aromatic rings. The Morgan fingerprint density at radius 1 is 1.26 bits per heavy atom. The van der Waals surface area contributed by atoms with Crippen LogP contribution in [0.15, 0.2) is 48.9 Å². The second-order valence-corrected chi connectivity index (χ2v) is 6.58. The molecule has 2 aliphatic heterocycles. The molecule has 5 nitrogen and oxygen atoms in total. The molecule has 0 amide bonds. The highest BCUT2D eigenvalue weighted by Gasteiger charge is 2.45. The summed E-state index contributed by atoms with van der Waals surface area (Å²) >= 11 is 0. The van der Waals surface area contributed by atoms with Crippen LogP contribution in [0.1, 0.15) is 18.4 Å². The zero-order valence-corrected chi connectivity index (χ0v) is 13.2. The second kappa shape index (κ2) is 6.26. The lowest BCUT2D eigenvalue weighted by Gasteiger charge is -2.23. The first-order valence-corrected chi connectivity index (χ1v) is 8.24. The molecule has 23 heavy (non-hydrogen) atoms. The van der Waals surface area contributed by atoms with Crippen molar-refractivity contribution < 1.29 is 4.74 Å². The molecule has 5 heteroatoms. The maximum absolute atomic E-state index is 6.20. The van der Waals surface area contributed by atoms with Gasteiger partial charge in [0.25, 0.3) is 0 Å². The molecular formula is C18H22N4O. The molecule has 120 valence electrons. The highest BCUT2D eigenvalue weighted by molar-refractivity contribution is 5.32. The van der Waals surface area contributed by atoms with Crippen LogP contribution in [-0.2, 0) is 11.3 Å². The van der Waals surface area contributed by atoms with Crippen molar-refractivity contribution in [2.45, 2.75) is 31.0 Å². The first-order chi connectivity index (χ1) is 11.3. The Morgan fingerprint density at radius 2 is 2.17 bits per heavy atom. The van der Waals surface area contributed by atoms with Crippen molar-refractivity contribution in [3.63, 3.8) is 0 Å². The summed E-state index contributed by atoms with van der Waals surface area (Å²) in [7, 11) is 0. The van der Waals surface area contributed by atoms with Gasteiger partial charge in [0.15, 0.2) is 0 Å². The first-order valence-electron chi connectivity index (χ1n) is 8.24. The summed E-state index contributed by atoms with van der Waals surface area (Å²) in [6, 6.07) is 11.0. The number of hydrogen-bond donors (Lipinski definition) is 1. The number of hydrogen-bond acceptors (Lipinski definition) is 5. The van der Waals surface area contributed by atoms with Crippen LogP contribution in [0.2, 0.25) is 0 Å². The van der Waals surface area contributed by atoms with Crippen molar-refractivity contribution in [2.75, 3.05) is 25.0 Å². The van der Waals surface area contributed by atoms with Gasteiger partial charge in [-0.3, -0.25) is 9.88 Å². The van der Waals surface area contributed by atoms with E-state index in [2.05, 4.69) is 50.5 Å². The van der Waals surface area contributed by atoms with E-state index >= 15 is 0 Å². The average molecular weight is 310 g/mol. The fraction of sp³-hybridized carbons (Fsp3) is 0.444. The summed E-state index contributed by atoms with van der Waals surface area (Å²) in [6.45, 7) is 3.87. The van der Waals surface area contributed by atoms with Gasteiger partial charge in [0.05, 0.1) is 24.4 Å². The number of benzene rings is 1. The lowest BCUT2D eigenvalue weighted by atomic mass is 9.97. The number of nitrogens with zero attached hydrogens (tertiary/aromatic N) is 3. The summed E-state index contributed by atoms with van der Waals surface area (Å²) in [5.41, 5.74) is 1.38. The predicted molar refractivity (Wildman–Crippen MR) is 89.1 cm³/mol. The molecule has 2 fully saturated rings. The number of rotatable bonds is 4. The van der Waals surface area contributed by atoms with Crippen molar-refractivity contribution in [1.29, 1.82) is 0 Å². The van der Waals surface area contributed by atoms with Crippen LogP contribution < -0.4 is 5.32 Å².